The average molecular weight is 352 g/mol. The van der Waals surface area contributed by atoms with Crippen LogP contribution in [0.3, 0.4) is 0 Å². The summed E-state index contributed by atoms with van der Waals surface area (Å²) in [6.45, 7) is 0. The van der Waals surface area contributed by atoms with Crippen molar-refractivity contribution >= 4 is 9.24 Å². The largest absolute Gasteiger partial charge is 0.133 e. The second kappa shape index (κ2) is 7.68. The van der Waals surface area contributed by atoms with Gasteiger partial charge in [-0.15, -0.1) is 9.24 Å². The molecule has 0 bridgehead atoms. The molecule has 0 aliphatic carbocycles. The van der Waals surface area contributed by atoms with Gasteiger partial charge in [0.15, 0.2) is 0 Å². The van der Waals surface area contributed by atoms with E-state index in [1.54, 1.807) is 0 Å². The van der Waals surface area contributed by atoms with Gasteiger partial charge in [0.05, 0.1) is 0 Å². The zero-order valence-corrected chi connectivity index (χ0v) is 15.8. The zero-order chi connectivity index (χ0) is 17.8. The summed E-state index contributed by atoms with van der Waals surface area (Å²) >= 11 is 0. The van der Waals surface area contributed by atoms with Gasteiger partial charge in [0.1, 0.15) is 0 Å². The molecule has 0 radical (unpaired) electrons. The van der Waals surface area contributed by atoms with Gasteiger partial charge in [-0.1, -0.05) is 103 Å². The Kier molecular flexibility index (Phi) is 4.95. The molecule has 1 atom stereocenters. The van der Waals surface area contributed by atoms with Crippen molar-refractivity contribution in [2.24, 2.45) is 0 Å². The Labute approximate surface area is 157 Å². The predicted octanol–water partition coefficient (Wildman–Crippen LogP) is 7.06. The van der Waals surface area contributed by atoms with E-state index in [-0.39, 0.29) is 0 Å². The highest BCUT2D eigenvalue weighted by Crippen LogP contribution is 2.40. The van der Waals surface area contributed by atoms with E-state index in [0.717, 1.165) is 6.16 Å². The van der Waals surface area contributed by atoms with Crippen molar-refractivity contribution in [1.29, 1.82) is 0 Å². The van der Waals surface area contributed by atoms with E-state index < -0.39 is 0 Å². The van der Waals surface area contributed by atoms with Crippen molar-refractivity contribution in [3.8, 4) is 33.4 Å². The summed E-state index contributed by atoms with van der Waals surface area (Å²) in [5.74, 6) is 0. The summed E-state index contributed by atoms with van der Waals surface area (Å²) < 4.78 is 0. The van der Waals surface area contributed by atoms with Gasteiger partial charge in [-0.25, -0.2) is 0 Å². The maximum Gasteiger partial charge on any atom is -0.00637 e. The highest BCUT2D eigenvalue weighted by Gasteiger charge is 2.16. The number of benzene rings is 4. The monoisotopic (exact) mass is 352 g/mol. The zero-order valence-electron chi connectivity index (χ0n) is 14.6. The lowest BCUT2D eigenvalue weighted by Gasteiger charge is -2.19. The normalized spacial score (nSPS) is 10.7. The van der Waals surface area contributed by atoms with Crippen LogP contribution in [0.4, 0.5) is 0 Å². The molecular formula is C25H21P. The van der Waals surface area contributed by atoms with Crippen LogP contribution in [-0.4, -0.2) is 0 Å². The highest BCUT2D eigenvalue weighted by atomic mass is 31.0. The molecule has 126 valence electrons. The minimum atomic E-state index is 0.912. The predicted molar refractivity (Wildman–Crippen MR) is 116 cm³/mol. The van der Waals surface area contributed by atoms with E-state index in [1.165, 1.54) is 38.9 Å². The van der Waals surface area contributed by atoms with Crippen LogP contribution in [0.15, 0.2) is 103 Å². The molecule has 0 heterocycles. The third kappa shape index (κ3) is 3.21. The maximum atomic E-state index is 2.92. The van der Waals surface area contributed by atoms with Crippen molar-refractivity contribution in [2.75, 3.05) is 0 Å². The fourth-order valence-corrected chi connectivity index (χ4v) is 3.96. The SMILES string of the molecule is PCc1c(-c2ccccc2)ccc(-c2ccccc2)c1-c1ccccc1. The fourth-order valence-electron chi connectivity index (χ4n) is 3.54. The topological polar surface area (TPSA) is 0 Å². The molecule has 0 nitrogen and oxygen atoms in total. The van der Waals surface area contributed by atoms with Gasteiger partial charge in [-0.3, -0.25) is 0 Å². The first-order valence-corrected chi connectivity index (χ1v) is 9.72. The molecule has 0 saturated heterocycles. The molecule has 4 rings (SSSR count). The van der Waals surface area contributed by atoms with Crippen molar-refractivity contribution in [3.63, 3.8) is 0 Å². The molecule has 1 unspecified atom stereocenters. The summed E-state index contributed by atoms with van der Waals surface area (Å²) in [5, 5.41) is 0. The average Bonchev–Trinajstić information content (AvgIpc) is 2.74. The number of rotatable bonds is 4. The third-order valence-electron chi connectivity index (χ3n) is 4.75. The molecule has 0 aliphatic heterocycles. The van der Waals surface area contributed by atoms with Crippen molar-refractivity contribution in [1.82, 2.24) is 0 Å². The second-order valence-corrected chi connectivity index (χ2v) is 6.72. The molecular weight excluding hydrogens is 331 g/mol. The number of hydrogen-bond acceptors (Lipinski definition) is 0. The van der Waals surface area contributed by atoms with Gasteiger partial charge in [-0.2, -0.15) is 0 Å². The smallest absolute Gasteiger partial charge is 0.00637 e. The van der Waals surface area contributed by atoms with Gasteiger partial charge >= 0.3 is 0 Å². The Morgan fingerprint density at radius 1 is 0.462 bits per heavy atom. The first kappa shape index (κ1) is 16.8. The summed E-state index contributed by atoms with van der Waals surface area (Å²) in [4.78, 5) is 0. The Bertz CT molecular complexity index is 990. The molecule has 1 heteroatoms. The Morgan fingerprint density at radius 2 is 0.885 bits per heavy atom. The van der Waals surface area contributed by atoms with Crippen LogP contribution < -0.4 is 0 Å². The van der Waals surface area contributed by atoms with E-state index >= 15 is 0 Å². The molecule has 0 amide bonds. The molecule has 0 aliphatic rings. The third-order valence-corrected chi connectivity index (χ3v) is 5.16. The lowest BCUT2D eigenvalue weighted by Crippen LogP contribution is -1.95. The molecule has 0 fully saturated rings. The first-order chi connectivity index (χ1) is 12.9. The van der Waals surface area contributed by atoms with Crippen LogP contribution in [-0.2, 0) is 6.16 Å². The quantitative estimate of drug-likeness (QED) is 0.345. The van der Waals surface area contributed by atoms with Crippen molar-refractivity contribution in [3.05, 3.63) is 109 Å². The number of hydrogen-bond donors (Lipinski definition) is 0. The summed E-state index contributed by atoms with van der Waals surface area (Å²) in [6.07, 6.45) is 0.912. The second-order valence-electron chi connectivity index (χ2n) is 6.32. The van der Waals surface area contributed by atoms with Crippen LogP contribution in [0.2, 0.25) is 0 Å². The molecule has 0 aromatic heterocycles. The fraction of sp³-hybridized carbons (Fsp3) is 0.0400. The van der Waals surface area contributed by atoms with E-state index in [0.29, 0.717) is 0 Å². The lowest BCUT2D eigenvalue weighted by atomic mass is 9.86. The van der Waals surface area contributed by atoms with E-state index in [4.69, 9.17) is 0 Å². The lowest BCUT2D eigenvalue weighted by molar-refractivity contribution is 1.40. The van der Waals surface area contributed by atoms with E-state index in [1.807, 2.05) is 0 Å². The molecule has 4 aromatic rings. The minimum absolute atomic E-state index is 0.912. The molecule has 26 heavy (non-hydrogen) atoms. The van der Waals surface area contributed by atoms with Crippen molar-refractivity contribution < 1.29 is 0 Å². The van der Waals surface area contributed by atoms with Crippen molar-refractivity contribution in [2.45, 2.75) is 6.16 Å². The Morgan fingerprint density at radius 3 is 1.38 bits per heavy atom. The summed E-state index contributed by atoms with van der Waals surface area (Å²) in [6, 6.07) is 36.6. The van der Waals surface area contributed by atoms with Crippen LogP contribution in [0.25, 0.3) is 33.4 Å². The van der Waals surface area contributed by atoms with Gasteiger partial charge < -0.3 is 0 Å². The van der Waals surface area contributed by atoms with E-state index in [9.17, 15) is 0 Å². The van der Waals surface area contributed by atoms with Crippen LogP contribution in [0, 0.1) is 0 Å². The van der Waals surface area contributed by atoms with Crippen LogP contribution in [0.5, 0.6) is 0 Å². The molecule has 0 spiro atoms. The van der Waals surface area contributed by atoms with E-state index in [2.05, 4.69) is 112 Å². The maximum absolute atomic E-state index is 2.92. The Hall–Kier alpha value is -2.69. The van der Waals surface area contributed by atoms with Gasteiger partial charge in [0.25, 0.3) is 0 Å². The molecule has 0 saturated carbocycles. The minimum Gasteiger partial charge on any atom is -0.133 e. The molecule has 0 N–H and O–H groups in total. The highest BCUT2D eigenvalue weighted by molar-refractivity contribution is 7.15. The molecule has 4 aromatic carbocycles. The standard InChI is InChI=1S/C25H21P/c26-18-24-22(19-10-4-1-5-11-19)16-17-23(20-12-6-2-7-13-20)25(24)21-14-8-3-9-15-21/h1-17H,18,26H2. The first-order valence-electron chi connectivity index (χ1n) is 8.90. The summed E-state index contributed by atoms with van der Waals surface area (Å²) in [7, 11) is 2.92. The van der Waals surface area contributed by atoms with Crippen LogP contribution in [0.1, 0.15) is 5.56 Å². The van der Waals surface area contributed by atoms with Gasteiger partial charge in [0.2, 0.25) is 0 Å². The Balaban J connectivity index is 2.03. The van der Waals surface area contributed by atoms with Gasteiger partial charge in [0, 0.05) is 0 Å². The summed E-state index contributed by atoms with van der Waals surface area (Å²) in [5.41, 5.74) is 9.07. The van der Waals surface area contributed by atoms with Gasteiger partial charge in [-0.05, 0) is 45.1 Å². The van der Waals surface area contributed by atoms with Crippen LogP contribution >= 0.6 is 9.24 Å².